The second kappa shape index (κ2) is 11.4. The number of esters is 1. The van der Waals surface area contributed by atoms with Crippen LogP contribution < -0.4 is 26.4 Å². The Kier molecular flexibility index (Phi) is 7.67. The van der Waals surface area contributed by atoms with Gasteiger partial charge in [0, 0.05) is 30.4 Å². The number of fused-ring (bicyclic) bond motifs is 1. The average Bonchev–Trinajstić information content (AvgIpc) is 3.80. The summed E-state index contributed by atoms with van der Waals surface area (Å²) >= 11 is 0. The van der Waals surface area contributed by atoms with E-state index in [1.807, 2.05) is 0 Å². The van der Waals surface area contributed by atoms with Crippen LogP contribution in [0.4, 0.5) is 20.5 Å². The standard InChI is InChI=1S/C30H27F2N5O5/c1-4-42-29(39)21-14-37(18-6-7-18)25-20(26(21)38)12-22(31)19(24(25)32)8-5-16-9-15(11-23(40-2)27(16)41-3)10-17-13-35-30(34)36-28(17)33/h9,11-14,18H,4,6-7,10H2,1-3H3,(H4,33,34,35,36). The van der Waals surface area contributed by atoms with Gasteiger partial charge in [-0.05, 0) is 43.5 Å². The summed E-state index contributed by atoms with van der Waals surface area (Å²) in [5, 5.41) is -0.266. The lowest BCUT2D eigenvalue weighted by molar-refractivity contribution is 0.0524. The highest BCUT2D eigenvalue weighted by Crippen LogP contribution is 2.38. The third kappa shape index (κ3) is 5.28. The summed E-state index contributed by atoms with van der Waals surface area (Å²) < 4.78 is 48.8. The number of nitrogens with zero attached hydrogens (tertiary/aromatic N) is 3. The van der Waals surface area contributed by atoms with Crippen molar-refractivity contribution in [1.29, 1.82) is 0 Å². The molecule has 2 aromatic heterocycles. The second-order valence-electron chi connectivity index (χ2n) is 9.62. The summed E-state index contributed by atoms with van der Waals surface area (Å²) in [6, 6.07) is 4.15. The van der Waals surface area contributed by atoms with E-state index in [0.29, 0.717) is 29.7 Å². The molecule has 0 unspecified atom stereocenters. The molecule has 216 valence electrons. The molecule has 1 saturated carbocycles. The molecule has 2 heterocycles. The van der Waals surface area contributed by atoms with E-state index in [9.17, 15) is 9.59 Å². The van der Waals surface area contributed by atoms with Crippen molar-refractivity contribution in [1.82, 2.24) is 14.5 Å². The van der Waals surface area contributed by atoms with Crippen molar-refractivity contribution in [3.8, 4) is 23.3 Å². The molecule has 1 aliphatic carbocycles. The number of carbonyl (C=O) groups excluding carboxylic acids is 1. The van der Waals surface area contributed by atoms with Gasteiger partial charge in [-0.15, -0.1) is 0 Å². The minimum absolute atomic E-state index is 0.0405. The van der Waals surface area contributed by atoms with Crippen molar-refractivity contribution in [2.24, 2.45) is 0 Å². The first-order valence-corrected chi connectivity index (χ1v) is 13.0. The van der Waals surface area contributed by atoms with Crippen molar-refractivity contribution in [3.63, 3.8) is 0 Å². The third-order valence-corrected chi connectivity index (χ3v) is 6.82. The number of nitrogen functional groups attached to an aromatic ring is 2. The molecular formula is C30H27F2N5O5. The van der Waals surface area contributed by atoms with E-state index < -0.39 is 28.6 Å². The predicted octanol–water partition coefficient (Wildman–Crippen LogP) is 3.75. The van der Waals surface area contributed by atoms with Crippen LogP contribution in [-0.2, 0) is 11.2 Å². The molecule has 0 atom stereocenters. The van der Waals surface area contributed by atoms with Gasteiger partial charge in [0.2, 0.25) is 11.4 Å². The van der Waals surface area contributed by atoms with E-state index in [2.05, 4.69) is 21.8 Å². The highest BCUT2D eigenvalue weighted by molar-refractivity contribution is 5.94. The summed E-state index contributed by atoms with van der Waals surface area (Å²) in [6.45, 7) is 1.65. The lowest BCUT2D eigenvalue weighted by Gasteiger charge is -2.14. The number of pyridine rings is 1. The number of methoxy groups -OCH3 is 2. The van der Waals surface area contributed by atoms with E-state index >= 15 is 8.78 Å². The molecule has 12 heteroatoms. The minimum atomic E-state index is -1.05. The first kappa shape index (κ1) is 28.4. The predicted molar refractivity (Wildman–Crippen MR) is 152 cm³/mol. The summed E-state index contributed by atoms with van der Waals surface area (Å²) in [5.74, 6) is 3.30. The molecular weight excluding hydrogens is 548 g/mol. The van der Waals surface area contributed by atoms with Gasteiger partial charge in [0.05, 0.1) is 42.9 Å². The number of ether oxygens (including phenoxy) is 3. The molecule has 0 spiro atoms. The number of aromatic nitrogens is 3. The van der Waals surface area contributed by atoms with Gasteiger partial charge in [-0.3, -0.25) is 4.79 Å². The van der Waals surface area contributed by atoms with Gasteiger partial charge in [0.1, 0.15) is 17.2 Å². The first-order chi connectivity index (χ1) is 20.2. The van der Waals surface area contributed by atoms with Crippen LogP contribution in [0.25, 0.3) is 10.9 Å². The van der Waals surface area contributed by atoms with Gasteiger partial charge in [-0.2, -0.15) is 4.98 Å². The number of carbonyl (C=O) groups is 1. The normalized spacial score (nSPS) is 12.5. The fraction of sp³-hybridized carbons (Fsp3) is 0.267. The third-order valence-electron chi connectivity index (χ3n) is 6.82. The highest BCUT2D eigenvalue weighted by Gasteiger charge is 2.30. The molecule has 0 amide bonds. The molecule has 0 saturated heterocycles. The highest BCUT2D eigenvalue weighted by atomic mass is 19.1. The monoisotopic (exact) mass is 575 g/mol. The van der Waals surface area contributed by atoms with E-state index in [0.717, 1.165) is 6.07 Å². The maximum atomic E-state index is 16.0. The molecule has 10 nitrogen and oxygen atoms in total. The Hall–Kier alpha value is -5.18. The fourth-order valence-corrected chi connectivity index (χ4v) is 4.69. The Morgan fingerprint density at radius 1 is 1.14 bits per heavy atom. The summed E-state index contributed by atoms with van der Waals surface area (Å²) in [5.41, 5.74) is 11.4. The quantitative estimate of drug-likeness (QED) is 0.249. The number of rotatable bonds is 7. The van der Waals surface area contributed by atoms with Crippen molar-refractivity contribution >= 4 is 28.6 Å². The number of halogens is 2. The molecule has 1 fully saturated rings. The Bertz CT molecular complexity index is 1860. The number of hydrogen-bond donors (Lipinski definition) is 2. The number of nitrogens with two attached hydrogens (primary N) is 2. The Morgan fingerprint density at radius 2 is 1.90 bits per heavy atom. The van der Waals surface area contributed by atoms with E-state index in [1.54, 1.807) is 19.1 Å². The maximum Gasteiger partial charge on any atom is 0.343 e. The molecule has 5 rings (SSSR count). The van der Waals surface area contributed by atoms with Crippen LogP contribution in [0, 0.1) is 23.5 Å². The maximum absolute atomic E-state index is 16.0. The van der Waals surface area contributed by atoms with Gasteiger partial charge in [0.25, 0.3) is 0 Å². The van der Waals surface area contributed by atoms with Crippen molar-refractivity contribution in [2.75, 3.05) is 32.3 Å². The lowest BCUT2D eigenvalue weighted by Crippen LogP contribution is -2.22. The van der Waals surface area contributed by atoms with Crippen molar-refractivity contribution in [3.05, 3.63) is 80.3 Å². The fourth-order valence-electron chi connectivity index (χ4n) is 4.69. The zero-order valence-electron chi connectivity index (χ0n) is 23.1. The zero-order valence-corrected chi connectivity index (χ0v) is 23.1. The van der Waals surface area contributed by atoms with Gasteiger partial charge >= 0.3 is 5.97 Å². The van der Waals surface area contributed by atoms with Crippen molar-refractivity contribution < 1.29 is 27.8 Å². The SMILES string of the molecule is CCOC(=O)c1cn(C2CC2)c2c(F)c(C#Cc3cc(Cc4cnc(N)nc4N)cc(OC)c3OC)c(F)cc2c1=O. The molecule has 0 aliphatic heterocycles. The zero-order chi connectivity index (χ0) is 30.1. The summed E-state index contributed by atoms with van der Waals surface area (Å²) in [6.07, 6.45) is 4.50. The van der Waals surface area contributed by atoms with E-state index in [1.165, 1.54) is 31.2 Å². The smallest absolute Gasteiger partial charge is 0.343 e. The Balaban J connectivity index is 1.64. The number of hydrogen-bond acceptors (Lipinski definition) is 9. The van der Waals surface area contributed by atoms with Crippen LogP contribution in [0.1, 0.15) is 58.4 Å². The van der Waals surface area contributed by atoms with Crippen LogP contribution in [0.2, 0.25) is 0 Å². The summed E-state index contributed by atoms with van der Waals surface area (Å²) in [7, 11) is 2.87. The molecule has 4 aromatic rings. The first-order valence-electron chi connectivity index (χ1n) is 13.0. The van der Waals surface area contributed by atoms with Crippen LogP contribution >= 0.6 is 0 Å². The van der Waals surface area contributed by atoms with Crippen LogP contribution in [0.3, 0.4) is 0 Å². The molecule has 0 radical (unpaired) electrons. The van der Waals surface area contributed by atoms with Crippen LogP contribution in [-0.4, -0.2) is 41.3 Å². The van der Waals surface area contributed by atoms with E-state index in [4.69, 9.17) is 25.7 Å². The van der Waals surface area contributed by atoms with Gasteiger partial charge < -0.3 is 30.2 Å². The van der Waals surface area contributed by atoms with Gasteiger partial charge in [0.15, 0.2) is 17.3 Å². The van der Waals surface area contributed by atoms with Crippen LogP contribution in [0.5, 0.6) is 11.5 Å². The molecule has 1 aliphatic rings. The van der Waals surface area contributed by atoms with E-state index in [-0.39, 0.29) is 58.6 Å². The van der Waals surface area contributed by atoms with Gasteiger partial charge in [-0.1, -0.05) is 11.8 Å². The molecule has 42 heavy (non-hydrogen) atoms. The molecule has 0 bridgehead atoms. The largest absolute Gasteiger partial charge is 0.493 e. The second-order valence-corrected chi connectivity index (χ2v) is 9.62. The topological polar surface area (TPSA) is 145 Å². The molecule has 2 aromatic carbocycles. The minimum Gasteiger partial charge on any atom is -0.493 e. The summed E-state index contributed by atoms with van der Waals surface area (Å²) in [4.78, 5) is 33.4. The average molecular weight is 576 g/mol. The Morgan fingerprint density at radius 3 is 2.55 bits per heavy atom. The van der Waals surface area contributed by atoms with Gasteiger partial charge in [-0.25, -0.2) is 18.6 Å². The number of anilines is 2. The van der Waals surface area contributed by atoms with Crippen LogP contribution in [0.15, 0.2) is 35.4 Å². The lowest BCUT2D eigenvalue weighted by atomic mass is 10.0. The number of benzene rings is 2. The van der Waals surface area contributed by atoms with Crippen molar-refractivity contribution in [2.45, 2.75) is 32.2 Å². The Labute approximate surface area is 239 Å². The molecule has 4 N–H and O–H groups in total.